The van der Waals surface area contributed by atoms with Crippen molar-refractivity contribution in [3.63, 3.8) is 0 Å². The van der Waals surface area contributed by atoms with Gasteiger partial charge in [-0.2, -0.15) is 0 Å². The number of halogens is 1. The van der Waals surface area contributed by atoms with Crippen molar-refractivity contribution in [2.45, 2.75) is 32.6 Å². The van der Waals surface area contributed by atoms with Gasteiger partial charge in [0.15, 0.2) is 0 Å². The Kier molecular flexibility index (Phi) is 5.89. The molecule has 4 rings (SSSR count). The number of hydrogen-bond acceptors (Lipinski definition) is 2. The first kappa shape index (κ1) is 18.6. The van der Waals surface area contributed by atoms with Crippen molar-refractivity contribution in [2.24, 2.45) is 5.92 Å². The molecule has 0 aliphatic carbocycles. The summed E-state index contributed by atoms with van der Waals surface area (Å²) in [6, 6.07) is 18.0. The predicted octanol–water partition coefficient (Wildman–Crippen LogP) is 6.02. The van der Waals surface area contributed by atoms with Crippen molar-refractivity contribution in [3.8, 4) is 0 Å². The third kappa shape index (κ3) is 4.41. The van der Waals surface area contributed by atoms with Crippen molar-refractivity contribution in [2.75, 3.05) is 26.3 Å². The molecule has 3 heteroatoms. The number of likely N-dealkylation sites (tertiary alicyclic amines) is 1. The van der Waals surface area contributed by atoms with E-state index in [1.165, 1.54) is 38.1 Å². The Labute approximate surface area is 165 Å². The number of hydrogen-bond donors (Lipinski definition) is 0. The molecule has 142 valence electrons. The fourth-order valence-corrected chi connectivity index (χ4v) is 5.42. The molecule has 2 heterocycles. The molecule has 0 amide bonds. The van der Waals surface area contributed by atoms with Crippen LogP contribution < -0.4 is 0 Å². The van der Waals surface area contributed by atoms with Gasteiger partial charge >= 0.3 is 0 Å². The molecule has 0 saturated carbocycles. The van der Waals surface area contributed by atoms with Crippen molar-refractivity contribution in [1.82, 2.24) is 4.90 Å². The average Bonchev–Trinajstić information content (AvgIpc) is 3.26. The second kappa shape index (κ2) is 8.53. The first-order valence-corrected chi connectivity index (χ1v) is 10.9. The van der Waals surface area contributed by atoms with Crippen LogP contribution in [0.15, 0.2) is 48.5 Å². The lowest BCUT2D eigenvalue weighted by Gasteiger charge is -2.15. The molecule has 1 aromatic heterocycles. The van der Waals surface area contributed by atoms with Gasteiger partial charge in [-0.3, -0.25) is 4.39 Å². The quantitative estimate of drug-likeness (QED) is 0.483. The third-order valence-electron chi connectivity index (χ3n) is 5.81. The maximum absolute atomic E-state index is 12.3. The minimum atomic E-state index is -0.193. The molecular formula is C24H28FNS. The Morgan fingerprint density at radius 3 is 2.67 bits per heavy atom. The predicted molar refractivity (Wildman–Crippen MR) is 115 cm³/mol. The lowest BCUT2D eigenvalue weighted by molar-refractivity contribution is 0.301. The van der Waals surface area contributed by atoms with Crippen LogP contribution in [0.1, 0.15) is 34.4 Å². The van der Waals surface area contributed by atoms with Gasteiger partial charge in [-0.05, 0) is 73.2 Å². The summed E-state index contributed by atoms with van der Waals surface area (Å²) in [5, 5.41) is 1.41. The molecule has 0 N–H and O–H groups in total. The van der Waals surface area contributed by atoms with Crippen molar-refractivity contribution in [3.05, 3.63) is 70.1 Å². The second-order valence-corrected chi connectivity index (χ2v) is 9.08. The molecular weight excluding hydrogens is 353 g/mol. The van der Waals surface area contributed by atoms with E-state index in [0.29, 0.717) is 6.42 Å². The minimum Gasteiger partial charge on any atom is -0.303 e. The van der Waals surface area contributed by atoms with Gasteiger partial charge < -0.3 is 4.90 Å². The van der Waals surface area contributed by atoms with E-state index in [4.69, 9.17) is 0 Å². The molecule has 2 aromatic carbocycles. The standard InChI is InChI=1S/C24H28FNS/c1-18-23(22-5-2-3-6-24(22)27-18)16-20-9-7-19(8-10-20)15-21-11-14-26(17-21)13-4-12-25/h2-3,5-10,21H,4,11-17H2,1H3. The number of aryl methyl sites for hydroxylation is 1. The van der Waals surface area contributed by atoms with Gasteiger partial charge in [-0.15, -0.1) is 11.3 Å². The normalized spacial score (nSPS) is 17.8. The van der Waals surface area contributed by atoms with Gasteiger partial charge in [-0.1, -0.05) is 42.5 Å². The largest absolute Gasteiger partial charge is 0.303 e. The zero-order valence-electron chi connectivity index (χ0n) is 16.1. The maximum Gasteiger partial charge on any atom is 0.0906 e. The van der Waals surface area contributed by atoms with Crippen LogP contribution in [0.3, 0.4) is 0 Å². The van der Waals surface area contributed by atoms with Gasteiger partial charge in [0, 0.05) is 22.7 Å². The lowest BCUT2D eigenvalue weighted by Crippen LogP contribution is -2.22. The Morgan fingerprint density at radius 1 is 1.07 bits per heavy atom. The Bertz CT molecular complexity index is 883. The van der Waals surface area contributed by atoms with Crippen LogP contribution >= 0.6 is 11.3 Å². The molecule has 1 saturated heterocycles. The number of rotatable bonds is 7. The molecule has 1 fully saturated rings. The Morgan fingerprint density at radius 2 is 1.85 bits per heavy atom. The molecule has 1 atom stereocenters. The van der Waals surface area contributed by atoms with Crippen molar-refractivity contribution >= 4 is 21.4 Å². The van der Waals surface area contributed by atoms with Crippen LogP contribution in [-0.2, 0) is 12.8 Å². The fourth-order valence-electron chi connectivity index (χ4n) is 4.34. The summed E-state index contributed by atoms with van der Waals surface area (Å²) in [6.07, 6.45) is 4.08. The maximum atomic E-state index is 12.3. The van der Waals surface area contributed by atoms with Crippen LogP contribution in [0.5, 0.6) is 0 Å². The Hall–Kier alpha value is -1.71. The summed E-state index contributed by atoms with van der Waals surface area (Å²) >= 11 is 1.90. The van der Waals surface area contributed by atoms with Crippen LogP contribution in [0.25, 0.3) is 10.1 Å². The summed E-state index contributed by atoms with van der Waals surface area (Å²) in [6.45, 7) is 5.22. The number of fused-ring (bicyclic) bond motifs is 1. The monoisotopic (exact) mass is 381 g/mol. The van der Waals surface area contributed by atoms with Gasteiger partial charge in [0.2, 0.25) is 0 Å². The average molecular weight is 382 g/mol. The van der Waals surface area contributed by atoms with Gasteiger partial charge in [0.05, 0.1) is 6.67 Å². The van der Waals surface area contributed by atoms with Crippen LogP contribution in [0, 0.1) is 12.8 Å². The summed E-state index contributed by atoms with van der Waals surface area (Å²) in [7, 11) is 0. The Balaban J connectivity index is 1.39. The molecule has 1 aliphatic heterocycles. The van der Waals surface area contributed by atoms with Gasteiger partial charge in [0.25, 0.3) is 0 Å². The molecule has 1 unspecified atom stereocenters. The van der Waals surface area contributed by atoms with Crippen molar-refractivity contribution in [1.29, 1.82) is 0 Å². The van der Waals surface area contributed by atoms with E-state index in [1.807, 2.05) is 11.3 Å². The highest BCUT2D eigenvalue weighted by Crippen LogP contribution is 2.32. The zero-order valence-corrected chi connectivity index (χ0v) is 16.9. The summed E-state index contributed by atoms with van der Waals surface area (Å²) in [4.78, 5) is 3.85. The highest BCUT2D eigenvalue weighted by Gasteiger charge is 2.22. The van der Waals surface area contributed by atoms with Gasteiger partial charge in [-0.25, -0.2) is 0 Å². The highest BCUT2D eigenvalue weighted by atomic mass is 32.1. The van der Waals surface area contributed by atoms with Crippen LogP contribution in [0.2, 0.25) is 0 Å². The number of thiophene rings is 1. The molecule has 3 aromatic rings. The van der Waals surface area contributed by atoms with Gasteiger partial charge in [0.1, 0.15) is 0 Å². The van der Waals surface area contributed by atoms with E-state index in [1.54, 1.807) is 0 Å². The van der Waals surface area contributed by atoms with E-state index in [9.17, 15) is 4.39 Å². The summed E-state index contributed by atoms with van der Waals surface area (Å²) in [5.74, 6) is 0.721. The molecule has 0 bridgehead atoms. The SMILES string of the molecule is Cc1sc2ccccc2c1Cc1ccc(CC2CCN(CCCF)C2)cc1. The van der Waals surface area contributed by atoms with E-state index < -0.39 is 0 Å². The third-order valence-corrected chi connectivity index (χ3v) is 6.93. The first-order chi connectivity index (χ1) is 13.2. The second-order valence-electron chi connectivity index (χ2n) is 7.83. The summed E-state index contributed by atoms with van der Waals surface area (Å²) in [5.41, 5.74) is 4.30. The molecule has 0 radical (unpaired) electrons. The number of benzene rings is 2. The molecule has 1 aliphatic rings. The van der Waals surface area contributed by atoms with Crippen LogP contribution in [0.4, 0.5) is 4.39 Å². The number of nitrogens with zero attached hydrogens (tertiary/aromatic N) is 1. The minimum absolute atomic E-state index is 0.193. The topological polar surface area (TPSA) is 3.24 Å². The van der Waals surface area contributed by atoms with E-state index >= 15 is 0 Å². The zero-order chi connectivity index (χ0) is 18.6. The smallest absolute Gasteiger partial charge is 0.0906 e. The van der Waals surface area contributed by atoms with E-state index in [2.05, 4.69) is 60.4 Å². The fraction of sp³-hybridized carbons (Fsp3) is 0.417. The first-order valence-electron chi connectivity index (χ1n) is 10.1. The highest BCUT2D eigenvalue weighted by molar-refractivity contribution is 7.19. The summed E-state index contributed by atoms with van der Waals surface area (Å²) < 4.78 is 13.7. The lowest BCUT2D eigenvalue weighted by atomic mass is 9.96. The number of alkyl halides is 1. The van der Waals surface area contributed by atoms with Crippen molar-refractivity contribution < 1.29 is 4.39 Å². The molecule has 0 spiro atoms. The van der Waals surface area contributed by atoms with E-state index in [-0.39, 0.29) is 6.67 Å². The molecule has 1 nitrogen and oxygen atoms in total. The molecule has 27 heavy (non-hydrogen) atoms. The van der Waals surface area contributed by atoms with E-state index in [0.717, 1.165) is 38.4 Å². The van der Waals surface area contributed by atoms with Crippen LogP contribution in [-0.4, -0.2) is 31.2 Å².